The highest BCUT2D eigenvalue weighted by molar-refractivity contribution is 7.90. The van der Waals surface area contributed by atoms with Crippen LogP contribution in [0.5, 0.6) is 0 Å². The largest absolute Gasteiger partial charge is 0.477 e. The minimum absolute atomic E-state index is 0.0389. The predicted octanol–water partition coefficient (Wildman–Crippen LogP) is 3.96. The molecule has 0 atom stereocenters. The first kappa shape index (κ1) is 19.4. The average molecular weight is 393 g/mol. The van der Waals surface area contributed by atoms with Gasteiger partial charge in [0, 0.05) is 0 Å². The highest BCUT2D eigenvalue weighted by Gasteiger charge is 2.23. The fraction of sp³-hybridized carbons (Fsp3) is 0.278. The first-order valence-corrected chi connectivity index (χ1v) is 13.6. The summed E-state index contributed by atoms with van der Waals surface area (Å²) in [5.41, 5.74) is 4.12. The topological polar surface area (TPSA) is 71.4 Å². The molecule has 2 aromatic rings. The number of hydrogen-bond donors (Lipinski definition) is 1. The summed E-state index contributed by atoms with van der Waals surface area (Å²) < 4.78 is 25.4. The summed E-state index contributed by atoms with van der Waals surface area (Å²) in [4.78, 5) is 12.4. The molecule has 132 valence electrons. The molecular formula is C18H20O4S2Si. The molecule has 0 fully saturated rings. The number of rotatable bonds is 4. The lowest BCUT2D eigenvalue weighted by Gasteiger charge is -2.07. The van der Waals surface area contributed by atoms with Gasteiger partial charge in [-0.2, -0.15) is 0 Å². The second-order valence-electron chi connectivity index (χ2n) is 6.79. The van der Waals surface area contributed by atoms with Crippen molar-refractivity contribution in [2.75, 3.05) is 0 Å². The van der Waals surface area contributed by atoms with Gasteiger partial charge in [0.05, 0.1) is 15.5 Å². The van der Waals surface area contributed by atoms with E-state index in [0.717, 1.165) is 11.3 Å². The Bertz CT molecular complexity index is 970. The Hall–Kier alpha value is -1.88. The summed E-state index contributed by atoms with van der Waals surface area (Å²) in [6.07, 6.45) is 0. The first-order chi connectivity index (χ1) is 11.5. The second kappa shape index (κ2) is 7.16. The van der Waals surface area contributed by atoms with E-state index >= 15 is 0 Å². The van der Waals surface area contributed by atoms with Crippen LogP contribution in [0, 0.1) is 18.4 Å². The van der Waals surface area contributed by atoms with Crippen LogP contribution < -0.4 is 0 Å². The van der Waals surface area contributed by atoms with E-state index in [-0.39, 0.29) is 15.5 Å². The predicted molar refractivity (Wildman–Crippen MR) is 104 cm³/mol. The van der Waals surface area contributed by atoms with Gasteiger partial charge in [-0.3, -0.25) is 0 Å². The SMILES string of the molecule is Cc1ccccc1S(=O)(=O)Cc1cc(C#C[Si](C)(C)C)sc1C(=O)O. The third-order valence-corrected chi connectivity index (χ3v) is 7.11. The van der Waals surface area contributed by atoms with Crippen molar-refractivity contribution < 1.29 is 18.3 Å². The van der Waals surface area contributed by atoms with Crippen molar-refractivity contribution in [1.29, 1.82) is 0 Å². The van der Waals surface area contributed by atoms with E-state index in [1.165, 1.54) is 0 Å². The molecule has 1 heterocycles. The van der Waals surface area contributed by atoms with Crippen molar-refractivity contribution in [2.24, 2.45) is 0 Å². The summed E-state index contributed by atoms with van der Waals surface area (Å²) in [7, 11) is -5.23. The first-order valence-electron chi connectivity index (χ1n) is 7.67. The Balaban J connectivity index is 2.45. The van der Waals surface area contributed by atoms with Crippen LogP contribution in [0.4, 0.5) is 0 Å². The number of benzene rings is 1. The molecule has 0 saturated carbocycles. The van der Waals surface area contributed by atoms with Gasteiger partial charge in [0.15, 0.2) is 9.84 Å². The summed E-state index contributed by atoms with van der Waals surface area (Å²) in [6.45, 7) is 8.00. The van der Waals surface area contributed by atoms with E-state index in [1.54, 1.807) is 37.3 Å². The Labute approximate surface area is 153 Å². The molecule has 7 heteroatoms. The van der Waals surface area contributed by atoms with E-state index in [1.807, 2.05) is 0 Å². The van der Waals surface area contributed by atoms with Gasteiger partial charge in [-0.1, -0.05) is 43.8 Å². The van der Waals surface area contributed by atoms with Gasteiger partial charge >= 0.3 is 5.97 Å². The molecule has 0 radical (unpaired) electrons. The maximum Gasteiger partial charge on any atom is 0.346 e. The quantitative estimate of drug-likeness (QED) is 0.631. The minimum atomic E-state index is -3.63. The van der Waals surface area contributed by atoms with Gasteiger partial charge in [-0.25, -0.2) is 13.2 Å². The summed E-state index contributed by atoms with van der Waals surface area (Å²) in [6, 6.07) is 8.30. The van der Waals surface area contributed by atoms with Gasteiger partial charge in [0.1, 0.15) is 13.0 Å². The van der Waals surface area contributed by atoms with Crippen molar-refractivity contribution in [3.05, 3.63) is 51.2 Å². The molecule has 0 aliphatic rings. The maximum absolute atomic E-state index is 12.7. The van der Waals surface area contributed by atoms with Crippen molar-refractivity contribution in [3.63, 3.8) is 0 Å². The summed E-state index contributed by atoms with van der Waals surface area (Å²) in [5, 5.41) is 9.41. The average Bonchev–Trinajstić information content (AvgIpc) is 2.87. The summed E-state index contributed by atoms with van der Waals surface area (Å²) >= 11 is 1.03. The van der Waals surface area contributed by atoms with Crippen LogP contribution in [0.3, 0.4) is 0 Å². The number of carboxylic acid groups (broad SMARTS) is 1. The van der Waals surface area contributed by atoms with E-state index in [2.05, 4.69) is 31.1 Å². The smallest absolute Gasteiger partial charge is 0.346 e. The zero-order valence-electron chi connectivity index (χ0n) is 14.6. The number of carboxylic acids is 1. The number of aryl methyl sites for hydroxylation is 1. The molecule has 1 aromatic carbocycles. The minimum Gasteiger partial charge on any atom is -0.477 e. The highest BCUT2D eigenvalue weighted by Crippen LogP contribution is 2.27. The lowest BCUT2D eigenvalue weighted by atomic mass is 10.2. The molecule has 0 aliphatic heterocycles. The number of aromatic carboxylic acids is 1. The molecule has 0 bridgehead atoms. The Morgan fingerprint density at radius 3 is 2.44 bits per heavy atom. The molecule has 0 amide bonds. The fourth-order valence-electron chi connectivity index (χ4n) is 2.22. The standard InChI is InChI=1S/C18H20O4S2Si/c1-13-7-5-6-8-16(13)24(21,22)12-14-11-15(9-10-25(2,3)4)23-17(14)18(19)20/h5-8,11H,12H2,1-4H3,(H,19,20). The van der Waals surface area contributed by atoms with Gasteiger partial charge in [-0.05, 0) is 30.2 Å². The normalized spacial score (nSPS) is 11.7. The molecule has 1 aromatic heterocycles. The van der Waals surface area contributed by atoms with Crippen LogP contribution in [0.15, 0.2) is 35.2 Å². The molecule has 25 heavy (non-hydrogen) atoms. The van der Waals surface area contributed by atoms with Gasteiger partial charge in [-0.15, -0.1) is 16.9 Å². The van der Waals surface area contributed by atoms with Gasteiger partial charge < -0.3 is 5.11 Å². The van der Waals surface area contributed by atoms with Crippen molar-refractivity contribution in [1.82, 2.24) is 0 Å². The molecular weight excluding hydrogens is 372 g/mol. The lowest BCUT2D eigenvalue weighted by molar-refractivity contribution is 0.0701. The zero-order chi connectivity index (χ0) is 18.8. The fourth-order valence-corrected chi connectivity index (χ4v) is 5.42. The highest BCUT2D eigenvalue weighted by atomic mass is 32.2. The van der Waals surface area contributed by atoms with E-state index in [9.17, 15) is 18.3 Å². The Morgan fingerprint density at radius 2 is 1.88 bits per heavy atom. The molecule has 0 saturated heterocycles. The van der Waals surface area contributed by atoms with Crippen LogP contribution in [0.1, 0.15) is 25.7 Å². The molecule has 4 nitrogen and oxygen atoms in total. The third kappa shape index (κ3) is 5.05. The van der Waals surface area contributed by atoms with Crippen LogP contribution in [0.25, 0.3) is 0 Å². The molecule has 0 spiro atoms. The molecule has 0 unspecified atom stereocenters. The van der Waals surface area contributed by atoms with Crippen LogP contribution >= 0.6 is 11.3 Å². The number of thiophene rings is 1. The van der Waals surface area contributed by atoms with E-state index in [4.69, 9.17) is 0 Å². The third-order valence-electron chi connectivity index (χ3n) is 3.34. The maximum atomic E-state index is 12.7. The Kier molecular flexibility index (Phi) is 5.57. The molecule has 0 aliphatic carbocycles. The second-order valence-corrected chi connectivity index (χ2v) is 14.6. The van der Waals surface area contributed by atoms with Crippen molar-refractivity contribution >= 4 is 35.2 Å². The van der Waals surface area contributed by atoms with E-state index in [0.29, 0.717) is 16.0 Å². The van der Waals surface area contributed by atoms with Crippen molar-refractivity contribution in [3.8, 4) is 11.5 Å². The van der Waals surface area contributed by atoms with Gasteiger partial charge in [0.25, 0.3) is 0 Å². The van der Waals surface area contributed by atoms with Crippen LogP contribution in [-0.4, -0.2) is 27.6 Å². The number of sulfone groups is 1. The van der Waals surface area contributed by atoms with Crippen LogP contribution in [0.2, 0.25) is 19.6 Å². The number of hydrogen-bond acceptors (Lipinski definition) is 4. The van der Waals surface area contributed by atoms with Crippen molar-refractivity contribution in [2.45, 2.75) is 37.2 Å². The van der Waals surface area contributed by atoms with Gasteiger partial charge in [0.2, 0.25) is 0 Å². The van der Waals surface area contributed by atoms with Crippen LogP contribution in [-0.2, 0) is 15.6 Å². The lowest BCUT2D eigenvalue weighted by Crippen LogP contribution is -2.16. The molecule has 2 rings (SSSR count). The van der Waals surface area contributed by atoms with E-state index < -0.39 is 23.9 Å². The molecule has 1 N–H and O–H groups in total. The Morgan fingerprint density at radius 1 is 1.24 bits per heavy atom. The summed E-state index contributed by atoms with van der Waals surface area (Å²) in [5.74, 6) is 1.54. The monoisotopic (exact) mass is 392 g/mol. The number of carbonyl (C=O) groups is 1. The zero-order valence-corrected chi connectivity index (χ0v) is 17.2.